The molecule has 1 fully saturated rings. The van der Waals surface area contributed by atoms with Crippen LogP contribution in [0.15, 0.2) is 17.8 Å². The lowest BCUT2D eigenvalue weighted by Gasteiger charge is -2.24. The van der Waals surface area contributed by atoms with Gasteiger partial charge in [-0.3, -0.25) is 9.48 Å². The maximum absolute atomic E-state index is 11.2. The zero-order valence-electron chi connectivity index (χ0n) is 10.1. The second kappa shape index (κ2) is 5.51. The van der Waals surface area contributed by atoms with E-state index in [0.717, 1.165) is 25.2 Å². The van der Waals surface area contributed by atoms with E-state index in [4.69, 9.17) is 0 Å². The number of carbonyl (C=O) groups is 1. The van der Waals surface area contributed by atoms with Crippen LogP contribution in [0.3, 0.4) is 0 Å². The quantitative estimate of drug-likeness (QED) is 0.864. The van der Waals surface area contributed by atoms with Gasteiger partial charge in [0.2, 0.25) is 0 Å². The molecule has 1 aromatic rings. The SMILES string of the molecule is CC(=O)SC1CCNCC1=Cc1ccnn1C. The van der Waals surface area contributed by atoms with Crippen LogP contribution >= 0.6 is 11.8 Å². The summed E-state index contributed by atoms with van der Waals surface area (Å²) in [6, 6.07) is 1.98. The Bertz CT molecular complexity index is 439. The van der Waals surface area contributed by atoms with Crippen LogP contribution in [0.1, 0.15) is 19.0 Å². The molecule has 0 bridgehead atoms. The molecule has 0 spiro atoms. The topological polar surface area (TPSA) is 46.9 Å². The Morgan fingerprint density at radius 3 is 3.18 bits per heavy atom. The highest BCUT2D eigenvalue weighted by molar-refractivity contribution is 8.14. The zero-order chi connectivity index (χ0) is 12.3. The Kier molecular flexibility index (Phi) is 4.02. The van der Waals surface area contributed by atoms with Crippen molar-refractivity contribution in [1.29, 1.82) is 0 Å². The highest BCUT2D eigenvalue weighted by Gasteiger charge is 2.20. The molecule has 92 valence electrons. The van der Waals surface area contributed by atoms with Gasteiger partial charge in [0.05, 0.1) is 5.69 Å². The highest BCUT2D eigenvalue weighted by atomic mass is 32.2. The van der Waals surface area contributed by atoms with Gasteiger partial charge < -0.3 is 5.32 Å². The predicted molar refractivity (Wildman–Crippen MR) is 70.7 cm³/mol. The van der Waals surface area contributed by atoms with Crippen LogP contribution in [-0.2, 0) is 11.8 Å². The van der Waals surface area contributed by atoms with Gasteiger partial charge in [0.25, 0.3) is 0 Å². The molecular formula is C12H17N3OS. The molecule has 0 aromatic carbocycles. The van der Waals surface area contributed by atoms with E-state index in [1.807, 2.05) is 17.8 Å². The number of aryl methyl sites for hydroxylation is 1. The minimum atomic E-state index is 0.188. The third-order valence-electron chi connectivity index (χ3n) is 2.83. The number of piperidine rings is 1. The lowest BCUT2D eigenvalue weighted by Crippen LogP contribution is -2.32. The van der Waals surface area contributed by atoms with E-state index in [0.29, 0.717) is 5.25 Å². The molecule has 1 atom stereocenters. The summed E-state index contributed by atoms with van der Waals surface area (Å²) in [5.41, 5.74) is 2.36. The number of hydrogen-bond donors (Lipinski definition) is 1. The summed E-state index contributed by atoms with van der Waals surface area (Å²) in [6.07, 6.45) is 4.93. The Morgan fingerprint density at radius 2 is 2.53 bits per heavy atom. The first kappa shape index (κ1) is 12.4. The summed E-state index contributed by atoms with van der Waals surface area (Å²) in [4.78, 5) is 11.2. The van der Waals surface area contributed by atoms with Gasteiger partial charge in [-0.1, -0.05) is 11.8 Å². The van der Waals surface area contributed by atoms with Crippen LogP contribution in [0.4, 0.5) is 0 Å². The molecule has 2 heterocycles. The molecule has 1 saturated heterocycles. The molecule has 1 unspecified atom stereocenters. The van der Waals surface area contributed by atoms with Crippen molar-refractivity contribution in [1.82, 2.24) is 15.1 Å². The average Bonchev–Trinajstić information content (AvgIpc) is 2.67. The summed E-state index contributed by atoms with van der Waals surface area (Å²) in [5.74, 6) is 0. The molecule has 0 saturated carbocycles. The van der Waals surface area contributed by atoms with Crippen LogP contribution in [0.25, 0.3) is 6.08 Å². The van der Waals surface area contributed by atoms with E-state index in [1.165, 1.54) is 17.3 Å². The highest BCUT2D eigenvalue weighted by Crippen LogP contribution is 2.26. The van der Waals surface area contributed by atoms with E-state index in [2.05, 4.69) is 16.5 Å². The summed E-state index contributed by atoms with van der Waals surface area (Å²) < 4.78 is 1.84. The Labute approximate surface area is 105 Å². The van der Waals surface area contributed by atoms with Gasteiger partial charge in [0, 0.05) is 32.0 Å². The Morgan fingerprint density at radius 1 is 1.71 bits per heavy atom. The van der Waals surface area contributed by atoms with Crippen molar-refractivity contribution in [2.45, 2.75) is 18.6 Å². The van der Waals surface area contributed by atoms with E-state index in [1.54, 1.807) is 13.1 Å². The van der Waals surface area contributed by atoms with Crippen LogP contribution in [-0.4, -0.2) is 33.2 Å². The molecule has 1 aromatic heterocycles. The number of rotatable bonds is 2. The van der Waals surface area contributed by atoms with E-state index in [-0.39, 0.29) is 5.12 Å². The number of aromatic nitrogens is 2. The second-order valence-electron chi connectivity index (χ2n) is 4.16. The van der Waals surface area contributed by atoms with E-state index in [9.17, 15) is 4.79 Å². The second-order valence-corrected chi connectivity index (χ2v) is 5.54. The molecule has 4 nitrogen and oxygen atoms in total. The first-order valence-corrected chi connectivity index (χ1v) is 6.61. The van der Waals surface area contributed by atoms with Crippen LogP contribution in [0, 0.1) is 0 Å². The number of hydrogen-bond acceptors (Lipinski definition) is 4. The molecule has 5 heteroatoms. The van der Waals surface area contributed by atoms with Gasteiger partial charge >= 0.3 is 0 Å². The molecule has 0 radical (unpaired) electrons. The van der Waals surface area contributed by atoms with Crippen LogP contribution < -0.4 is 5.32 Å². The van der Waals surface area contributed by atoms with Gasteiger partial charge in [-0.25, -0.2) is 0 Å². The average molecular weight is 251 g/mol. The van der Waals surface area contributed by atoms with Gasteiger partial charge in [-0.15, -0.1) is 0 Å². The molecule has 17 heavy (non-hydrogen) atoms. The van der Waals surface area contributed by atoms with Crippen LogP contribution in [0.2, 0.25) is 0 Å². The first-order valence-electron chi connectivity index (χ1n) is 5.73. The fourth-order valence-corrected chi connectivity index (χ4v) is 2.90. The molecule has 0 amide bonds. The number of nitrogens with zero attached hydrogens (tertiary/aromatic N) is 2. The van der Waals surface area contributed by atoms with Gasteiger partial charge in [0.15, 0.2) is 5.12 Å². The Hall–Kier alpha value is -1.07. The third kappa shape index (κ3) is 3.20. The number of carbonyl (C=O) groups excluding carboxylic acids is 1. The standard InChI is InChI=1S/C12H17N3OS/c1-9(16)17-12-4-5-13-8-10(12)7-11-3-6-14-15(11)2/h3,6-7,12-13H,4-5,8H2,1-2H3. The summed E-state index contributed by atoms with van der Waals surface area (Å²) in [5, 5.41) is 7.99. The molecule has 1 N–H and O–H groups in total. The molecule has 2 rings (SSSR count). The predicted octanol–water partition coefficient (Wildman–Crippen LogP) is 1.45. The lowest BCUT2D eigenvalue weighted by atomic mass is 10.0. The van der Waals surface area contributed by atoms with Crippen molar-refractivity contribution in [3.63, 3.8) is 0 Å². The number of thioether (sulfide) groups is 1. The molecular weight excluding hydrogens is 234 g/mol. The smallest absolute Gasteiger partial charge is 0.186 e. The third-order valence-corrected chi connectivity index (χ3v) is 3.98. The largest absolute Gasteiger partial charge is 0.313 e. The van der Waals surface area contributed by atoms with Crippen LogP contribution in [0.5, 0.6) is 0 Å². The van der Waals surface area contributed by atoms with E-state index >= 15 is 0 Å². The fraction of sp³-hybridized carbons (Fsp3) is 0.500. The van der Waals surface area contributed by atoms with Crippen molar-refractivity contribution in [2.24, 2.45) is 7.05 Å². The van der Waals surface area contributed by atoms with Gasteiger partial charge in [-0.05, 0) is 30.7 Å². The summed E-state index contributed by atoms with van der Waals surface area (Å²) >= 11 is 1.43. The minimum absolute atomic E-state index is 0.188. The normalized spacial score (nSPS) is 22.9. The zero-order valence-corrected chi connectivity index (χ0v) is 11.0. The van der Waals surface area contributed by atoms with E-state index < -0.39 is 0 Å². The number of nitrogens with one attached hydrogen (secondary N) is 1. The van der Waals surface area contributed by atoms with Crippen molar-refractivity contribution in [3.05, 3.63) is 23.5 Å². The van der Waals surface area contributed by atoms with Gasteiger partial charge in [-0.2, -0.15) is 5.10 Å². The van der Waals surface area contributed by atoms with Gasteiger partial charge in [0.1, 0.15) is 0 Å². The molecule has 1 aliphatic heterocycles. The minimum Gasteiger partial charge on any atom is -0.313 e. The van der Waals surface area contributed by atoms with Crippen molar-refractivity contribution in [3.8, 4) is 0 Å². The maximum Gasteiger partial charge on any atom is 0.186 e. The molecule has 1 aliphatic rings. The summed E-state index contributed by atoms with van der Waals surface area (Å²) in [6.45, 7) is 3.47. The Balaban J connectivity index is 2.18. The first-order chi connectivity index (χ1) is 8.16. The summed E-state index contributed by atoms with van der Waals surface area (Å²) in [7, 11) is 1.93. The monoisotopic (exact) mass is 251 g/mol. The lowest BCUT2D eigenvalue weighted by molar-refractivity contribution is -0.109. The van der Waals surface area contributed by atoms with Crippen molar-refractivity contribution >= 4 is 23.0 Å². The van der Waals surface area contributed by atoms with Crippen molar-refractivity contribution in [2.75, 3.05) is 13.1 Å². The molecule has 0 aliphatic carbocycles. The maximum atomic E-state index is 11.2. The van der Waals surface area contributed by atoms with Crippen molar-refractivity contribution < 1.29 is 4.79 Å². The fourth-order valence-electron chi connectivity index (χ4n) is 1.96.